The number of furan rings is 1. The molecule has 0 aliphatic carbocycles. The normalized spacial score (nSPS) is 15.3. The molecule has 0 atom stereocenters. The van der Waals surface area contributed by atoms with Gasteiger partial charge in [-0.05, 0) is 36.2 Å². The molecule has 31 heavy (non-hydrogen) atoms. The van der Waals surface area contributed by atoms with Crippen molar-refractivity contribution in [3.63, 3.8) is 0 Å². The second-order valence-electron chi connectivity index (χ2n) is 7.81. The Kier molecular flexibility index (Phi) is 7.17. The molecule has 1 fully saturated rings. The SMILES string of the molecule is O=C(NCCc1ccc(F)cc1)OCCN1CCN(Cc2cc3ccccc3o2)CC1. The van der Waals surface area contributed by atoms with Crippen molar-refractivity contribution in [3.05, 3.63) is 71.7 Å². The second-order valence-corrected chi connectivity index (χ2v) is 7.81. The van der Waals surface area contributed by atoms with Crippen molar-refractivity contribution in [3.8, 4) is 0 Å². The average molecular weight is 426 g/mol. The van der Waals surface area contributed by atoms with E-state index in [4.69, 9.17) is 9.15 Å². The van der Waals surface area contributed by atoms with Crippen LogP contribution < -0.4 is 5.32 Å². The molecule has 2 heterocycles. The molecule has 1 N–H and O–H groups in total. The summed E-state index contributed by atoms with van der Waals surface area (Å²) in [5.41, 5.74) is 1.91. The van der Waals surface area contributed by atoms with Gasteiger partial charge in [-0.25, -0.2) is 9.18 Å². The van der Waals surface area contributed by atoms with Crippen LogP contribution in [0, 0.1) is 5.82 Å². The van der Waals surface area contributed by atoms with E-state index in [1.807, 2.05) is 18.2 Å². The number of fused-ring (bicyclic) bond motifs is 1. The Morgan fingerprint density at radius 1 is 1.03 bits per heavy atom. The van der Waals surface area contributed by atoms with E-state index >= 15 is 0 Å². The highest BCUT2D eigenvalue weighted by Gasteiger charge is 2.18. The summed E-state index contributed by atoms with van der Waals surface area (Å²) in [5, 5.41) is 3.88. The van der Waals surface area contributed by atoms with Gasteiger partial charge in [0.05, 0.1) is 6.54 Å². The Morgan fingerprint density at radius 3 is 2.55 bits per heavy atom. The molecule has 1 aromatic heterocycles. The minimum absolute atomic E-state index is 0.258. The lowest BCUT2D eigenvalue weighted by atomic mass is 10.1. The quantitative estimate of drug-likeness (QED) is 0.597. The molecule has 1 aliphatic rings. The van der Waals surface area contributed by atoms with Gasteiger partial charge < -0.3 is 14.5 Å². The molecule has 164 valence electrons. The van der Waals surface area contributed by atoms with Crippen molar-refractivity contribution in [1.82, 2.24) is 15.1 Å². The summed E-state index contributed by atoms with van der Waals surface area (Å²) in [6.45, 7) is 6.17. The van der Waals surface area contributed by atoms with Crippen molar-refractivity contribution in [2.24, 2.45) is 0 Å². The van der Waals surface area contributed by atoms with Gasteiger partial charge in [-0.1, -0.05) is 30.3 Å². The van der Waals surface area contributed by atoms with Gasteiger partial charge in [-0.2, -0.15) is 0 Å². The first kappa shape index (κ1) is 21.3. The first-order chi connectivity index (χ1) is 15.2. The fourth-order valence-corrected chi connectivity index (χ4v) is 3.78. The number of amides is 1. The number of para-hydroxylation sites is 1. The number of hydrogen-bond donors (Lipinski definition) is 1. The number of hydrogen-bond acceptors (Lipinski definition) is 5. The molecule has 0 unspecified atom stereocenters. The second kappa shape index (κ2) is 10.4. The van der Waals surface area contributed by atoms with Gasteiger partial charge in [0.1, 0.15) is 23.8 Å². The summed E-state index contributed by atoms with van der Waals surface area (Å²) in [4.78, 5) is 16.5. The Balaban J connectivity index is 1.09. The first-order valence-electron chi connectivity index (χ1n) is 10.7. The number of halogens is 1. The zero-order valence-electron chi connectivity index (χ0n) is 17.6. The predicted octanol–water partition coefficient (Wildman–Crippen LogP) is 3.66. The summed E-state index contributed by atoms with van der Waals surface area (Å²) < 4.78 is 24.1. The summed E-state index contributed by atoms with van der Waals surface area (Å²) in [5.74, 6) is 0.738. The van der Waals surface area contributed by atoms with Crippen LogP contribution in [0.1, 0.15) is 11.3 Å². The van der Waals surface area contributed by atoms with Gasteiger partial charge in [-0.15, -0.1) is 0 Å². The summed E-state index contributed by atoms with van der Waals surface area (Å²) in [6.07, 6.45) is 0.230. The molecule has 7 heteroatoms. The Hall–Kier alpha value is -2.90. The van der Waals surface area contributed by atoms with E-state index in [1.54, 1.807) is 12.1 Å². The van der Waals surface area contributed by atoms with Crippen molar-refractivity contribution in [2.45, 2.75) is 13.0 Å². The van der Waals surface area contributed by atoms with Crippen LogP contribution in [-0.4, -0.2) is 61.8 Å². The zero-order valence-corrected chi connectivity index (χ0v) is 17.6. The maximum Gasteiger partial charge on any atom is 0.407 e. The van der Waals surface area contributed by atoms with Crippen LogP contribution in [0.15, 0.2) is 59.0 Å². The minimum Gasteiger partial charge on any atom is -0.460 e. The molecule has 0 spiro atoms. The lowest BCUT2D eigenvalue weighted by Crippen LogP contribution is -2.47. The molecular formula is C24H28FN3O3. The standard InChI is InChI=1S/C24H28FN3O3/c25-21-7-5-19(6-8-21)9-10-26-24(29)30-16-15-27-11-13-28(14-12-27)18-22-17-20-3-1-2-4-23(20)31-22/h1-8,17H,9-16,18H2,(H,26,29). The molecule has 0 radical (unpaired) electrons. The molecule has 4 rings (SSSR count). The fraction of sp³-hybridized carbons (Fsp3) is 0.375. The van der Waals surface area contributed by atoms with E-state index in [9.17, 15) is 9.18 Å². The van der Waals surface area contributed by atoms with Crippen LogP contribution in [0.5, 0.6) is 0 Å². The summed E-state index contributed by atoms with van der Waals surface area (Å²) >= 11 is 0. The topological polar surface area (TPSA) is 58.0 Å². The molecule has 1 aliphatic heterocycles. The van der Waals surface area contributed by atoms with Crippen molar-refractivity contribution >= 4 is 17.1 Å². The zero-order chi connectivity index (χ0) is 21.5. The van der Waals surface area contributed by atoms with Crippen LogP contribution in [0.2, 0.25) is 0 Å². The lowest BCUT2D eigenvalue weighted by molar-refractivity contribution is 0.0901. The van der Waals surface area contributed by atoms with E-state index in [0.29, 0.717) is 19.6 Å². The highest BCUT2D eigenvalue weighted by atomic mass is 19.1. The number of nitrogens with one attached hydrogen (secondary N) is 1. The number of alkyl carbamates (subject to hydrolysis) is 1. The number of ether oxygens (including phenoxy) is 1. The van der Waals surface area contributed by atoms with E-state index < -0.39 is 6.09 Å². The fourth-order valence-electron chi connectivity index (χ4n) is 3.78. The molecule has 2 aromatic carbocycles. The smallest absolute Gasteiger partial charge is 0.407 e. The van der Waals surface area contributed by atoms with Crippen LogP contribution >= 0.6 is 0 Å². The third kappa shape index (κ3) is 6.29. The molecule has 6 nitrogen and oxygen atoms in total. The molecule has 3 aromatic rings. The molecular weight excluding hydrogens is 397 g/mol. The van der Waals surface area contributed by atoms with Crippen LogP contribution in [0.25, 0.3) is 11.0 Å². The van der Waals surface area contributed by atoms with Gasteiger partial charge >= 0.3 is 6.09 Å². The third-order valence-electron chi connectivity index (χ3n) is 5.56. The number of carbonyl (C=O) groups is 1. The molecule has 0 bridgehead atoms. The maximum atomic E-state index is 12.9. The Bertz CT molecular complexity index is 948. The minimum atomic E-state index is -0.411. The van der Waals surface area contributed by atoms with Crippen molar-refractivity contribution < 1.29 is 18.3 Å². The average Bonchev–Trinajstić information content (AvgIpc) is 3.19. The van der Waals surface area contributed by atoms with Gasteiger partial charge in [-0.3, -0.25) is 9.80 Å². The number of rotatable bonds is 8. The van der Waals surface area contributed by atoms with E-state index in [1.165, 1.54) is 12.1 Å². The monoisotopic (exact) mass is 425 g/mol. The number of nitrogens with zero attached hydrogens (tertiary/aromatic N) is 2. The van der Waals surface area contributed by atoms with Gasteiger partial charge in [0, 0.05) is 44.7 Å². The van der Waals surface area contributed by atoms with Gasteiger partial charge in [0.25, 0.3) is 0 Å². The van der Waals surface area contributed by atoms with Gasteiger partial charge in [0.15, 0.2) is 0 Å². The van der Waals surface area contributed by atoms with Crippen LogP contribution in [0.4, 0.5) is 9.18 Å². The van der Waals surface area contributed by atoms with Crippen LogP contribution in [0.3, 0.4) is 0 Å². The first-order valence-corrected chi connectivity index (χ1v) is 10.7. The largest absolute Gasteiger partial charge is 0.460 e. The maximum absolute atomic E-state index is 12.9. The van der Waals surface area contributed by atoms with E-state index in [-0.39, 0.29) is 5.82 Å². The molecule has 1 amide bonds. The summed E-state index contributed by atoms with van der Waals surface area (Å²) in [6, 6.07) is 16.5. The number of piperazine rings is 1. The lowest BCUT2D eigenvalue weighted by Gasteiger charge is -2.33. The third-order valence-corrected chi connectivity index (χ3v) is 5.56. The van der Waals surface area contributed by atoms with Gasteiger partial charge in [0.2, 0.25) is 0 Å². The number of carbonyl (C=O) groups excluding carboxylic acids is 1. The number of benzene rings is 2. The van der Waals surface area contributed by atoms with Crippen molar-refractivity contribution in [2.75, 3.05) is 45.9 Å². The Morgan fingerprint density at radius 2 is 1.77 bits per heavy atom. The van der Waals surface area contributed by atoms with E-state index in [0.717, 1.165) is 61.6 Å². The van der Waals surface area contributed by atoms with Crippen LogP contribution in [-0.2, 0) is 17.7 Å². The summed E-state index contributed by atoms with van der Waals surface area (Å²) in [7, 11) is 0. The predicted molar refractivity (Wildman–Crippen MR) is 117 cm³/mol. The highest BCUT2D eigenvalue weighted by Crippen LogP contribution is 2.20. The van der Waals surface area contributed by atoms with Crippen molar-refractivity contribution in [1.29, 1.82) is 0 Å². The molecule has 1 saturated heterocycles. The van der Waals surface area contributed by atoms with E-state index in [2.05, 4.69) is 27.2 Å². The molecule has 0 saturated carbocycles. The highest BCUT2D eigenvalue weighted by molar-refractivity contribution is 5.77. The Labute approximate surface area is 181 Å².